The summed E-state index contributed by atoms with van der Waals surface area (Å²) in [6, 6.07) is 14.5. The zero-order valence-corrected chi connectivity index (χ0v) is 14.3. The number of aryl methyl sites for hydroxylation is 1. The number of rotatable bonds is 6. The summed E-state index contributed by atoms with van der Waals surface area (Å²) in [5.74, 6) is 0.388. The van der Waals surface area contributed by atoms with Crippen LogP contribution in [0.2, 0.25) is 0 Å². The molecule has 0 aliphatic carbocycles. The quantitative estimate of drug-likeness (QED) is 0.875. The van der Waals surface area contributed by atoms with Crippen molar-refractivity contribution in [3.63, 3.8) is 0 Å². The van der Waals surface area contributed by atoms with Crippen LogP contribution in [0.3, 0.4) is 0 Å². The summed E-state index contributed by atoms with van der Waals surface area (Å²) >= 11 is 0. The van der Waals surface area contributed by atoms with Crippen LogP contribution in [-0.4, -0.2) is 29.0 Å². The van der Waals surface area contributed by atoms with E-state index in [9.17, 15) is 9.18 Å². The number of aliphatic hydroxyl groups is 1. The molecule has 1 N–H and O–H groups in total. The molecule has 1 unspecified atom stereocenters. The summed E-state index contributed by atoms with van der Waals surface area (Å²) in [6.07, 6.45) is 2.99. The van der Waals surface area contributed by atoms with Crippen molar-refractivity contribution >= 4 is 5.91 Å². The van der Waals surface area contributed by atoms with Crippen molar-refractivity contribution in [2.24, 2.45) is 5.92 Å². The predicted octanol–water partition coefficient (Wildman–Crippen LogP) is 3.34. The lowest BCUT2D eigenvalue weighted by atomic mass is 9.98. The topological polar surface area (TPSA) is 40.5 Å². The molecule has 1 saturated heterocycles. The number of hydrogen-bond acceptors (Lipinski definition) is 2. The molecule has 1 fully saturated rings. The average Bonchev–Trinajstić information content (AvgIpc) is 3.09. The van der Waals surface area contributed by atoms with Gasteiger partial charge in [0.05, 0.1) is 6.61 Å². The molecule has 1 atom stereocenters. The monoisotopic (exact) mass is 341 g/mol. The smallest absolute Gasteiger partial charge is 0.222 e. The molecule has 1 aliphatic heterocycles. The second kappa shape index (κ2) is 8.26. The lowest BCUT2D eigenvalue weighted by Gasteiger charge is -2.17. The van der Waals surface area contributed by atoms with Gasteiger partial charge >= 0.3 is 0 Å². The molecule has 0 radical (unpaired) electrons. The fraction of sp³-hybridized carbons (Fsp3) is 0.381. The van der Waals surface area contributed by atoms with Crippen molar-refractivity contribution in [3.8, 4) is 0 Å². The van der Waals surface area contributed by atoms with Gasteiger partial charge in [0.2, 0.25) is 5.91 Å². The number of halogens is 1. The summed E-state index contributed by atoms with van der Waals surface area (Å²) in [7, 11) is 0. The van der Waals surface area contributed by atoms with Crippen LogP contribution in [0.5, 0.6) is 0 Å². The Morgan fingerprint density at radius 1 is 1.12 bits per heavy atom. The minimum absolute atomic E-state index is 0.0668. The van der Waals surface area contributed by atoms with E-state index in [4.69, 9.17) is 5.11 Å². The maximum absolute atomic E-state index is 13.2. The van der Waals surface area contributed by atoms with Crippen LogP contribution in [-0.2, 0) is 24.2 Å². The fourth-order valence-electron chi connectivity index (χ4n) is 3.44. The molecule has 2 aromatic carbocycles. The molecule has 3 nitrogen and oxygen atoms in total. The van der Waals surface area contributed by atoms with Gasteiger partial charge in [-0.15, -0.1) is 0 Å². The van der Waals surface area contributed by atoms with E-state index in [1.807, 2.05) is 23.1 Å². The summed E-state index contributed by atoms with van der Waals surface area (Å²) in [5, 5.41) is 9.09. The molecule has 2 aromatic rings. The van der Waals surface area contributed by atoms with Crippen LogP contribution >= 0.6 is 0 Å². The van der Waals surface area contributed by atoms with Crippen LogP contribution in [0.25, 0.3) is 0 Å². The molecular weight excluding hydrogens is 317 g/mol. The van der Waals surface area contributed by atoms with E-state index in [1.54, 1.807) is 6.07 Å². The fourth-order valence-corrected chi connectivity index (χ4v) is 3.44. The molecular formula is C21H24FNO2. The van der Waals surface area contributed by atoms with E-state index < -0.39 is 0 Å². The molecule has 0 aromatic heterocycles. The summed E-state index contributed by atoms with van der Waals surface area (Å²) in [5.41, 5.74) is 3.04. The molecule has 1 heterocycles. The van der Waals surface area contributed by atoms with Crippen molar-refractivity contribution in [2.75, 3.05) is 13.1 Å². The van der Waals surface area contributed by atoms with Gasteiger partial charge in [0.1, 0.15) is 5.82 Å². The summed E-state index contributed by atoms with van der Waals surface area (Å²) < 4.78 is 13.2. The second-order valence-corrected chi connectivity index (χ2v) is 6.80. The highest BCUT2D eigenvalue weighted by molar-refractivity contribution is 5.76. The Hall–Kier alpha value is -2.20. The van der Waals surface area contributed by atoms with Gasteiger partial charge in [-0.1, -0.05) is 36.4 Å². The Morgan fingerprint density at radius 3 is 2.60 bits per heavy atom. The highest BCUT2D eigenvalue weighted by Crippen LogP contribution is 2.22. The second-order valence-electron chi connectivity index (χ2n) is 6.80. The highest BCUT2D eigenvalue weighted by atomic mass is 19.1. The molecule has 3 rings (SSSR count). The van der Waals surface area contributed by atoms with E-state index in [2.05, 4.69) is 12.1 Å². The minimum atomic E-state index is -0.251. The Bertz CT molecular complexity index is 714. The normalized spacial score (nSPS) is 17.0. The Balaban J connectivity index is 1.47. The average molecular weight is 341 g/mol. The highest BCUT2D eigenvalue weighted by Gasteiger charge is 2.25. The van der Waals surface area contributed by atoms with Crippen molar-refractivity contribution < 1.29 is 14.3 Å². The van der Waals surface area contributed by atoms with Crippen molar-refractivity contribution in [1.82, 2.24) is 4.90 Å². The molecule has 25 heavy (non-hydrogen) atoms. The number of carbonyl (C=O) groups is 1. The van der Waals surface area contributed by atoms with E-state index >= 15 is 0 Å². The SMILES string of the molecule is O=C(CCc1cccc(F)c1)N1CCC(Cc2ccc(CO)cc2)C1. The van der Waals surface area contributed by atoms with Gasteiger partial charge in [-0.3, -0.25) is 4.79 Å². The molecule has 0 spiro atoms. The van der Waals surface area contributed by atoms with Gasteiger partial charge in [0.25, 0.3) is 0 Å². The molecule has 0 bridgehead atoms. The number of benzene rings is 2. The van der Waals surface area contributed by atoms with Crippen LogP contribution in [0.1, 0.15) is 29.5 Å². The third-order valence-corrected chi connectivity index (χ3v) is 4.89. The van der Waals surface area contributed by atoms with Gasteiger partial charge in [-0.2, -0.15) is 0 Å². The van der Waals surface area contributed by atoms with Crippen molar-refractivity contribution in [3.05, 3.63) is 71.0 Å². The summed E-state index contributed by atoms with van der Waals surface area (Å²) in [4.78, 5) is 14.3. The van der Waals surface area contributed by atoms with Gasteiger partial charge < -0.3 is 10.0 Å². The van der Waals surface area contributed by atoms with E-state index in [1.165, 1.54) is 17.7 Å². The van der Waals surface area contributed by atoms with Crippen LogP contribution in [0.15, 0.2) is 48.5 Å². The third-order valence-electron chi connectivity index (χ3n) is 4.89. The molecule has 132 valence electrons. The lowest BCUT2D eigenvalue weighted by Crippen LogP contribution is -2.29. The predicted molar refractivity (Wildman–Crippen MR) is 95.5 cm³/mol. The van der Waals surface area contributed by atoms with E-state index in [-0.39, 0.29) is 18.3 Å². The standard InChI is InChI=1S/C21H24FNO2/c22-20-3-1-2-16(13-20)8-9-21(25)23-11-10-19(14-23)12-17-4-6-18(15-24)7-5-17/h1-7,13,19,24H,8-12,14-15H2. The Labute approximate surface area is 148 Å². The Morgan fingerprint density at radius 2 is 1.88 bits per heavy atom. The lowest BCUT2D eigenvalue weighted by molar-refractivity contribution is -0.130. The van der Waals surface area contributed by atoms with Crippen LogP contribution in [0, 0.1) is 11.7 Å². The van der Waals surface area contributed by atoms with Crippen LogP contribution < -0.4 is 0 Å². The summed E-state index contributed by atoms with van der Waals surface area (Å²) in [6.45, 7) is 1.67. The van der Waals surface area contributed by atoms with E-state index in [0.29, 0.717) is 18.8 Å². The number of amides is 1. The van der Waals surface area contributed by atoms with Gasteiger partial charge in [0, 0.05) is 19.5 Å². The first kappa shape index (κ1) is 17.6. The van der Waals surface area contributed by atoms with Crippen molar-refractivity contribution in [2.45, 2.75) is 32.3 Å². The van der Waals surface area contributed by atoms with Crippen LogP contribution in [0.4, 0.5) is 4.39 Å². The van der Waals surface area contributed by atoms with Crippen molar-refractivity contribution in [1.29, 1.82) is 0 Å². The number of carbonyl (C=O) groups excluding carboxylic acids is 1. The van der Waals surface area contributed by atoms with Gasteiger partial charge in [-0.25, -0.2) is 4.39 Å². The molecule has 1 amide bonds. The molecule has 4 heteroatoms. The number of hydrogen-bond donors (Lipinski definition) is 1. The maximum atomic E-state index is 13.2. The first-order valence-electron chi connectivity index (χ1n) is 8.85. The first-order chi connectivity index (χ1) is 12.1. The van der Waals surface area contributed by atoms with Gasteiger partial charge in [0.15, 0.2) is 0 Å². The van der Waals surface area contributed by atoms with E-state index in [0.717, 1.165) is 37.1 Å². The minimum Gasteiger partial charge on any atom is -0.392 e. The molecule has 1 aliphatic rings. The third kappa shape index (κ3) is 4.89. The number of likely N-dealkylation sites (tertiary alicyclic amines) is 1. The maximum Gasteiger partial charge on any atom is 0.222 e. The number of nitrogens with zero attached hydrogens (tertiary/aromatic N) is 1. The largest absolute Gasteiger partial charge is 0.392 e. The zero-order valence-electron chi connectivity index (χ0n) is 14.3. The zero-order chi connectivity index (χ0) is 17.6. The number of aliphatic hydroxyl groups excluding tert-OH is 1. The Kier molecular flexibility index (Phi) is 5.82. The molecule has 0 saturated carbocycles. The first-order valence-corrected chi connectivity index (χ1v) is 8.85. The van der Waals surface area contributed by atoms with Gasteiger partial charge in [-0.05, 0) is 54.0 Å².